The Hall–Kier alpha value is -2.93. The standard InChI is InChI=1S/C20H22ClNO6/c1-25-16-10-13(11-17(26-2)20(16)27-3)4-9-19(24)28-12-18(23)22-15-7-5-14(21)6-8-15/h5-8,10-11H,4,9,12H2,1-3H3,(H,22,23). The van der Waals surface area contributed by atoms with Gasteiger partial charge < -0.3 is 24.3 Å². The Labute approximate surface area is 168 Å². The largest absolute Gasteiger partial charge is 0.493 e. The zero-order valence-corrected chi connectivity index (χ0v) is 16.7. The van der Waals surface area contributed by atoms with Crippen molar-refractivity contribution in [3.8, 4) is 17.2 Å². The van der Waals surface area contributed by atoms with E-state index in [1.807, 2.05) is 0 Å². The Kier molecular flexibility index (Phi) is 7.95. The molecule has 7 nitrogen and oxygen atoms in total. The molecule has 0 heterocycles. The van der Waals surface area contributed by atoms with Crippen molar-refractivity contribution in [2.45, 2.75) is 12.8 Å². The summed E-state index contributed by atoms with van der Waals surface area (Å²) in [6.45, 7) is -0.364. The molecule has 150 valence electrons. The number of carbonyl (C=O) groups excluding carboxylic acids is 2. The molecular weight excluding hydrogens is 386 g/mol. The maximum absolute atomic E-state index is 11.9. The molecule has 0 bridgehead atoms. The highest BCUT2D eigenvalue weighted by atomic mass is 35.5. The second-order valence-electron chi connectivity index (χ2n) is 5.75. The number of ether oxygens (including phenoxy) is 4. The minimum atomic E-state index is -0.486. The number of carbonyl (C=O) groups is 2. The van der Waals surface area contributed by atoms with Gasteiger partial charge >= 0.3 is 5.97 Å². The SMILES string of the molecule is COc1cc(CCC(=O)OCC(=O)Nc2ccc(Cl)cc2)cc(OC)c1OC. The highest BCUT2D eigenvalue weighted by Crippen LogP contribution is 2.38. The van der Waals surface area contributed by atoms with Crippen LogP contribution in [-0.2, 0) is 20.7 Å². The van der Waals surface area contributed by atoms with Crippen LogP contribution in [0.25, 0.3) is 0 Å². The lowest BCUT2D eigenvalue weighted by atomic mass is 10.1. The molecule has 0 radical (unpaired) electrons. The van der Waals surface area contributed by atoms with Gasteiger partial charge in [0.15, 0.2) is 18.1 Å². The fourth-order valence-corrected chi connectivity index (χ4v) is 2.60. The molecule has 0 aromatic heterocycles. The molecule has 0 aliphatic rings. The van der Waals surface area contributed by atoms with Crippen molar-refractivity contribution in [2.24, 2.45) is 0 Å². The second kappa shape index (κ2) is 10.4. The summed E-state index contributed by atoms with van der Waals surface area (Å²) in [5.74, 6) is 0.582. The van der Waals surface area contributed by atoms with Gasteiger partial charge in [-0.25, -0.2) is 0 Å². The first-order valence-electron chi connectivity index (χ1n) is 8.46. The number of hydrogen-bond donors (Lipinski definition) is 1. The van der Waals surface area contributed by atoms with Crippen LogP contribution in [0.1, 0.15) is 12.0 Å². The summed E-state index contributed by atoms with van der Waals surface area (Å²) in [7, 11) is 4.57. The lowest BCUT2D eigenvalue weighted by Gasteiger charge is -2.14. The number of amides is 1. The monoisotopic (exact) mass is 407 g/mol. The number of esters is 1. The molecule has 0 aliphatic carbocycles. The smallest absolute Gasteiger partial charge is 0.306 e. The maximum atomic E-state index is 11.9. The number of hydrogen-bond acceptors (Lipinski definition) is 6. The fourth-order valence-electron chi connectivity index (χ4n) is 2.47. The van der Waals surface area contributed by atoms with Crippen LogP contribution in [0, 0.1) is 0 Å². The molecule has 0 unspecified atom stereocenters. The molecule has 0 atom stereocenters. The zero-order chi connectivity index (χ0) is 20.5. The average Bonchev–Trinajstić information content (AvgIpc) is 2.71. The van der Waals surface area contributed by atoms with Crippen LogP contribution in [0.2, 0.25) is 5.02 Å². The van der Waals surface area contributed by atoms with Crippen LogP contribution in [0.15, 0.2) is 36.4 Å². The van der Waals surface area contributed by atoms with E-state index in [-0.39, 0.29) is 13.0 Å². The van der Waals surface area contributed by atoms with Crippen molar-refractivity contribution in [3.63, 3.8) is 0 Å². The Morgan fingerprint density at radius 2 is 1.57 bits per heavy atom. The summed E-state index contributed by atoms with van der Waals surface area (Å²) in [4.78, 5) is 23.8. The number of benzene rings is 2. The number of anilines is 1. The predicted octanol–water partition coefficient (Wildman–Crippen LogP) is 3.48. The lowest BCUT2D eigenvalue weighted by molar-refractivity contribution is -0.147. The molecular formula is C20H22ClNO6. The molecule has 0 aliphatic heterocycles. The number of methoxy groups -OCH3 is 3. The van der Waals surface area contributed by atoms with Crippen LogP contribution in [0.3, 0.4) is 0 Å². The van der Waals surface area contributed by atoms with Crippen molar-refractivity contribution >= 4 is 29.2 Å². The van der Waals surface area contributed by atoms with Crippen molar-refractivity contribution in [3.05, 3.63) is 47.0 Å². The highest BCUT2D eigenvalue weighted by molar-refractivity contribution is 6.30. The predicted molar refractivity (Wildman–Crippen MR) is 105 cm³/mol. The number of aryl methyl sites for hydroxylation is 1. The third kappa shape index (κ3) is 6.06. The Balaban J connectivity index is 1.85. The fraction of sp³-hybridized carbons (Fsp3) is 0.300. The van der Waals surface area contributed by atoms with E-state index in [1.54, 1.807) is 36.4 Å². The highest BCUT2D eigenvalue weighted by Gasteiger charge is 2.14. The van der Waals surface area contributed by atoms with E-state index in [4.69, 9.17) is 30.5 Å². The molecule has 28 heavy (non-hydrogen) atoms. The first-order chi connectivity index (χ1) is 13.5. The first kappa shape index (κ1) is 21.4. The maximum Gasteiger partial charge on any atom is 0.306 e. The second-order valence-corrected chi connectivity index (χ2v) is 6.19. The van der Waals surface area contributed by atoms with Crippen LogP contribution < -0.4 is 19.5 Å². The summed E-state index contributed by atoms with van der Waals surface area (Å²) in [5.41, 5.74) is 1.39. The van der Waals surface area contributed by atoms with Gasteiger partial charge in [0, 0.05) is 17.1 Å². The van der Waals surface area contributed by atoms with Crippen molar-refractivity contribution in [1.82, 2.24) is 0 Å². The van der Waals surface area contributed by atoms with Gasteiger partial charge in [0.25, 0.3) is 5.91 Å². The van der Waals surface area contributed by atoms with Gasteiger partial charge in [-0.2, -0.15) is 0 Å². The summed E-state index contributed by atoms with van der Waals surface area (Å²) >= 11 is 5.79. The van der Waals surface area contributed by atoms with Gasteiger partial charge in [0.05, 0.1) is 21.3 Å². The zero-order valence-electron chi connectivity index (χ0n) is 15.9. The van der Waals surface area contributed by atoms with Gasteiger partial charge in [-0.1, -0.05) is 11.6 Å². The van der Waals surface area contributed by atoms with E-state index >= 15 is 0 Å². The topological polar surface area (TPSA) is 83.1 Å². The van der Waals surface area contributed by atoms with E-state index in [1.165, 1.54) is 21.3 Å². The molecule has 2 rings (SSSR count). The van der Waals surface area contributed by atoms with Gasteiger partial charge in [-0.3, -0.25) is 9.59 Å². The molecule has 1 amide bonds. The van der Waals surface area contributed by atoms with Gasteiger partial charge in [0.2, 0.25) is 5.75 Å². The molecule has 0 saturated heterocycles. The Bertz CT molecular complexity index is 797. The van der Waals surface area contributed by atoms with Crippen LogP contribution in [0.4, 0.5) is 5.69 Å². The molecule has 2 aromatic carbocycles. The number of halogens is 1. The molecule has 0 fully saturated rings. The van der Waals surface area contributed by atoms with E-state index in [2.05, 4.69) is 5.32 Å². The third-order valence-corrected chi connectivity index (χ3v) is 4.09. The lowest BCUT2D eigenvalue weighted by Crippen LogP contribution is -2.21. The van der Waals surface area contributed by atoms with Crippen molar-refractivity contribution in [1.29, 1.82) is 0 Å². The van der Waals surface area contributed by atoms with E-state index < -0.39 is 11.9 Å². The molecule has 2 aromatic rings. The summed E-state index contributed by atoms with van der Waals surface area (Å²) in [5, 5.41) is 3.19. The van der Waals surface area contributed by atoms with Crippen molar-refractivity contribution in [2.75, 3.05) is 33.3 Å². The van der Waals surface area contributed by atoms with E-state index in [0.29, 0.717) is 34.4 Å². The van der Waals surface area contributed by atoms with Gasteiger partial charge in [0.1, 0.15) is 0 Å². The van der Waals surface area contributed by atoms with Crippen LogP contribution >= 0.6 is 11.6 Å². The number of nitrogens with one attached hydrogen (secondary N) is 1. The minimum Gasteiger partial charge on any atom is -0.493 e. The summed E-state index contributed by atoms with van der Waals surface area (Å²) < 4.78 is 20.9. The summed E-state index contributed by atoms with van der Waals surface area (Å²) in [6, 6.07) is 10.2. The third-order valence-electron chi connectivity index (χ3n) is 3.83. The Morgan fingerprint density at radius 3 is 2.11 bits per heavy atom. The van der Waals surface area contributed by atoms with Crippen LogP contribution in [-0.4, -0.2) is 39.8 Å². The number of rotatable bonds is 9. The average molecular weight is 408 g/mol. The molecule has 0 spiro atoms. The van der Waals surface area contributed by atoms with Gasteiger partial charge in [-0.15, -0.1) is 0 Å². The Morgan fingerprint density at radius 1 is 0.964 bits per heavy atom. The van der Waals surface area contributed by atoms with Crippen LogP contribution in [0.5, 0.6) is 17.2 Å². The van der Waals surface area contributed by atoms with Gasteiger partial charge in [-0.05, 0) is 48.4 Å². The molecule has 0 saturated carbocycles. The normalized spacial score (nSPS) is 10.1. The van der Waals surface area contributed by atoms with Crippen molar-refractivity contribution < 1.29 is 28.5 Å². The molecule has 1 N–H and O–H groups in total. The molecule has 8 heteroatoms. The summed E-state index contributed by atoms with van der Waals surface area (Å²) in [6.07, 6.45) is 0.501. The van der Waals surface area contributed by atoms with E-state index in [0.717, 1.165) is 5.56 Å². The quantitative estimate of drug-likeness (QED) is 0.641. The first-order valence-corrected chi connectivity index (χ1v) is 8.84. The van der Waals surface area contributed by atoms with E-state index in [9.17, 15) is 9.59 Å². The minimum absolute atomic E-state index is 0.104.